The lowest BCUT2D eigenvalue weighted by Crippen LogP contribution is -2.04. The van der Waals surface area contributed by atoms with Crippen LogP contribution in [-0.2, 0) is 0 Å². The van der Waals surface area contributed by atoms with Crippen LogP contribution in [0.15, 0.2) is 9.64 Å². The minimum absolute atomic E-state index is 0.219. The van der Waals surface area contributed by atoms with Gasteiger partial charge < -0.3 is 9.52 Å². The van der Waals surface area contributed by atoms with Gasteiger partial charge in [0.2, 0.25) is 5.89 Å². The van der Waals surface area contributed by atoms with Crippen molar-refractivity contribution in [2.24, 2.45) is 0 Å². The predicted molar refractivity (Wildman–Crippen MR) is 62.6 cm³/mol. The van der Waals surface area contributed by atoms with Crippen molar-refractivity contribution < 1.29 is 9.52 Å². The second kappa shape index (κ2) is 6.25. The molecule has 1 saturated carbocycles. The van der Waals surface area contributed by atoms with Crippen molar-refractivity contribution in [3.05, 3.63) is 5.89 Å². The largest absolute Gasteiger partial charge is 0.416 e. The maximum Gasteiger partial charge on any atom is 0.276 e. The molecule has 0 aliphatic heterocycles. The van der Waals surface area contributed by atoms with E-state index < -0.39 is 0 Å². The predicted octanol–water partition coefficient (Wildman–Crippen LogP) is 2.59. The first-order chi connectivity index (χ1) is 7.90. The van der Waals surface area contributed by atoms with Gasteiger partial charge in [0, 0.05) is 18.3 Å². The van der Waals surface area contributed by atoms with Crippen molar-refractivity contribution in [2.45, 2.75) is 49.7 Å². The third-order valence-electron chi connectivity index (χ3n) is 2.90. The van der Waals surface area contributed by atoms with Crippen LogP contribution in [0.5, 0.6) is 0 Å². The van der Waals surface area contributed by atoms with Gasteiger partial charge in [0.25, 0.3) is 5.22 Å². The van der Waals surface area contributed by atoms with Gasteiger partial charge in [-0.3, -0.25) is 0 Å². The molecular formula is C11H18N2O2S. The Hall–Kier alpha value is -0.550. The first-order valence-corrected chi connectivity index (χ1v) is 6.96. The van der Waals surface area contributed by atoms with E-state index in [0.717, 1.165) is 18.1 Å². The van der Waals surface area contributed by atoms with Gasteiger partial charge in [-0.05, 0) is 19.3 Å². The smallest absolute Gasteiger partial charge is 0.276 e. The molecule has 4 nitrogen and oxygen atoms in total. The first kappa shape index (κ1) is 11.9. The fourth-order valence-corrected chi connectivity index (χ4v) is 2.71. The molecule has 90 valence electrons. The van der Waals surface area contributed by atoms with E-state index in [1.54, 1.807) is 0 Å². The molecule has 0 saturated heterocycles. The van der Waals surface area contributed by atoms with Crippen molar-refractivity contribution in [2.75, 3.05) is 12.4 Å². The minimum atomic E-state index is 0.219. The molecule has 1 aromatic heterocycles. The van der Waals surface area contributed by atoms with Crippen molar-refractivity contribution in [3.8, 4) is 0 Å². The number of nitrogens with zero attached hydrogens (tertiary/aromatic N) is 2. The molecule has 0 amide bonds. The molecule has 1 N–H and O–H groups in total. The summed E-state index contributed by atoms with van der Waals surface area (Å²) in [4.78, 5) is 0. The molecule has 16 heavy (non-hydrogen) atoms. The molecule has 1 aliphatic carbocycles. The van der Waals surface area contributed by atoms with E-state index in [4.69, 9.17) is 9.52 Å². The molecule has 1 fully saturated rings. The van der Waals surface area contributed by atoms with Crippen LogP contribution in [0.4, 0.5) is 0 Å². The SMILES string of the molecule is OCCCSc1nnc(C2CCCCC2)o1. The van der Waals surface area contributed by atoms with E-state index in [-0.39, 0.29) is 6.61 Å². The van der Waals surface area contributed by atoms with Crippen molar-refractivity contribution in [1.29, 1.82) is 0 Å². The van der Waals surface area contributed by atoms with Gasteiger partial charge in [-0.25, -0.2) is 0 Å². The number of rotatable bonds is 5. The van der Waals surface area contributed by atoms with Gasteiger partial charge in [0.15, 0.2) is 0 Å². The molecule has 0 aromatic carbocycles. The van der Waals surface area contributed by atoms with Gasteiger partial charge >= 0.3 is 0 Å². The van der Waals surface area contributed by atoms with E-state index in [1.807, 2.05) is 0 Å². The molecule has 2 rings (SSSR count). The van der Waals surface area contributed by atoms with Crippen LogP contribution in [0.25, 0.3) is 0 Å². The lowest BCUT2D eigenvalue weighted by atomic mass is 9.89. The molecule has 0 atom stereocenters. The van der Waals surface area contributed by atoms with Crippen LogP contribution in [0.3, 0.4) is 0 Å². The third-order valence-corrected chi connectivity index (χ3v) is 3.81. The molecule has 0 radical (unpaired) electrons. The van der Waals surface area contributed by atoms with Crippen molar-refractivity contribution in [1.82, 2.24) is 10.2 Å². The normalized spacial score (nSPS) is 17.8. The highest BCUT2D eigenvalue weighted by atomic mass is 32.2. The third kappa shape index (κ3) is 3.22. The second-order valence-electron chi connectivity index (χ2n) is 4.17. The van der Waals surface area contributed by atoms with Gasteiger partial charge in [0.1, 0.15) is 0 Å². The molecule has 0 unspecified atom stereocenters. The Morgan fingerprint density at radius 2 is 2.06 bits per heavy atom. The Labute approximate surface area is 99.8 Å². The first-order valence-electron chi connectivity index (χ1n) is 5.97. The zero-order valence-electron chi connectivity index (χ0n) is 9.39. The maximum absolute atomic E-state index is 8.67. The van der Waals surface area contributed by atoms with Gasteiger partial charge in [-0.2, -0.15) is 0 Å². The lowest BCUT2D eigenvalue weighted by Gasteiger charge is -2.17. The topological polar surface area (TPSA) is 59.2 Å². The maximum atomic E-state index is 8.67. The average Bonchev–Trinajstić information content (AvgIpc) is 2.79. The van der Waals surface area contributed by atoms with Crippen molar-refractivity contribution >= 4 is 11.8 Å². The van der Waals surface area contributed by atoms with Gasteiger partial charge in [-0.1, -0.05) is 31.0 Å². The highest BCUT2D eigenvalue weighted by Crippen LogP contribution is 2.32. The summed E-state index contributed by atoms with van der Waals surface area (Å²) >= 11 is 1.53. The second-order valence-corrected chi connectivity index (χ2v) is 5.21. The number of hydrogen-bond donors (Lipinski definition) is 1. The molecule has 1 aliphatic rings. The van der Waals surface area contributed by atoms with E-state index in [9.17, 15) is 0 Å². The Morgan fingerprint density at radius 3 is 2.81 bits per heavy atom. The van der Waals surface area contributed by atoms with E-state index >= 15 is 0 Å². The molecular weight excluding hydrogens is 224 g/mol. The number of thioether (sulfide) groups is 1. The lowest BCUT2D eigenvalue weighted by molar-refractivity contribution is 0.296. The van der Waals surface area contributed by atoms with Crippen LogP contribution in [0.1, 0.15) is 50.3 Å². The summed E-state index contributed by atoms with van der Waals surface area (Å²) in [6.45, 7) is 0.219. The number of hydrogen-bond acceptors (Lipinski definition) is 5. The Morgan fingerprint density at radius 1 is 1.25 bits per heavy atom. The van der Waals surface area contributed by atoms with Crippen LogP contribution in [-0.4, -0.2) is 27.7 Å². The summed E-state index contributed by atoms with van der Waals surface area (Å²) in [6, 6.07) is 0. The summed E-state index contributed by atoms with van der Waals surface area (Å²) in [5, 5.41) is 17.5. The van der Waals surface area contributed by atoms with Crippen LogP contribution in [0, 0.1) is 0 Å². The number of aromatic nitrogens is 2. The molecule has 1 aromatic rings. The fraction of sp³-hybridized carbons (Fsp3) is 0.818. The molecule has 0 spiro atoms. The Kier molecular flexibility index (Phi) is 4.66. The highest BCUT2D eigenvalue weighted by Gasteiger charge is 2.21. The molecule has 0 bridgehead atoms. The average molecular weight is 242 g/mol. The molecule has 1 heterocycles. The fourth-order valence-electron chi connectivity index (χ4n) is 2.02. The Balaban J connectivity index is 1.85. The number of aliphatic hydroxyl groups is 1. The van der Waals surface area contributed by atoms with Crippen molar-refractivity contribution in [3.63, 3.8) is 0 Å². The van der Waals surface area contributed by atoms with E-state index in [0.29, 0.717) is 11.1 Å². The standard InChI is InChI=1S/C11H18N2O2S/c14-7-4-8-16-11-13-12-10(15-11)9-5-2-1-3-6-9/h9,14H,1-8H2. The summed E-state index contributed by atoms with van der Waals surface area (Å²) < 4.78 is 5.63. The quantitative estimate of drug-likeness (QED) is 0.635. The summed E-state index contributed by atoms with van der Waals surface area (Å²) in [7, 11) is 0. The number of aliphatic hydroxyl groups excluding tert-OH is 1. The minimum Gasteiger partial charge on any atom is -0.416 e. The summed E-state index contributed by atoms with van der Waals surface area (Å²) in [6.07, 6.45) is 7.03. The monoisotopic (exact) mass is 242 g/mol. The van der Waals surface area contributed by atoms with Crippen LogP contribution in [0.2, 0.25) is 0 Å². The summed E-state index contributed by atoms with van der Waals surface area (Å²) in [5.41, 5.74) is 0. The zero-order chi connectivity index (χ0) is 11.2. The Bertz CT molecular complexity index is 311. The summed E-state index contributed by atoms with van der Waals surface area (Å²) in [5.74, 6) is 2.13. The zero-order valence-corrected chi connectivity index (χ0v) is 10.2. The highest BCUT2D eigenvalue weighted by molar-refractivity contribution is 7.99. The van der Waals surface area contributed by atoms with Crippen LogP contribution < -0.4 is 0 Å². The molecule has 5 heteroatoms. The van der Waals surface area contributed by atoms with Gasteiger partial charge in [0.05, 0.1) is 0 Å². The van der Waals surface area contributed by atoms with E-state index in [1.165, 1.54) is 43.9 Å². The van der Waals surface area contributed by atoms with E-state index in [2.05, 4.69) is 10.2 Å². The van der Waals surface area contributed by atoms with Gasteiger partial charge in [-0.15, -0.1) is 10.2 Å². The van der Waals surface area contributed by atoms with Crippen LogP contribution >= 0.6 is 11.8 Å².